The number of halogens is 3. The van der Waals surface area contributed by atoms with Crippen LogP contribution in [0, 0.1) is 11.6 Å². The standard InChI is InChI=1S/C13H9ClF2N2O/c14-8-4-5-17-12(6-8)18-13(19)7-9-10(15)2-1-3-11(9)16/h1-6H,7H2,(H,17,18,19). The zero-order chi connectivity index (χ0) is 13.8. The van der Waals surface area contributed by atoms with Gasteiger partial charge in [-0.05, 0) is 24.3 Å². The van der Waals surface area contributed by atoms with Crippen LogP contribution < -0.4 is 5.32 Å². The van der Waals surface area contributed by atoms with Crippen LogP contribution in [0.25, 0.3) is 0 Å². The molecule has 19 heavy (non-hydrogen) atoms. The summed E-state index contributed by atoms with van der Waals surface area (Å²) in [5, 5.41) is 2.82. The van der Waals surface area contributed by atoms with E-state index in [0.29, 0.717) is 5.02 Å². The van der Waals surface area contributed by atoms with Crippen LogP contribution in [0.3, 0.4) is 0 Å². The lowest BCUT2D eigenvalue weighted by Gasteiger charge is -2.06. The summed E-state index contributed by atoms with van der Waals surface area (Å²) in [5.41, 5.74) is -0.276. The number of benzene rings is 1. The number of amides is 1. The van der Waals surface area contributed by atoms with Gasteiger partial charge in [-0.25, -0.2) is 13.8 Å². The Kier molecular flexibility index (Phi) is 4.06. The topological polar surface area (TPSA) is 42.0 Å². The number of pyridine rings is 1. The number of carbonyl (C=O) groups is 1. The van der Waals surface area contributed by atoms with Gasteiger partial charge in [0.15, 0.2) is 0 Å². The molecule has 0 saturated carbocycles. The third-order valence-electron chi connectivity index (χ3n) is 2.39. The monoisotopic (exact) mass is 282 g/mol. The van der Waals surface area contributed by atoms with E-state index in [2.05, 4.69) is 10.3 Å². The van der Waals surface area contributed by atoms with E-state index < -0.39 is 24.0 Å². The molecule has 2 aromatic rings. The van der Waals surface area contributed by atoms with Crippen LogP contribution in [0.5, 0.6) is 0 Å². The fraction of sp³-hybridized carbons (Fsp3) is 0.0769. The summed E-state index contributed by atoms with van der Waals surface area (Å²) in [7, 11) is 0. The van der Waals surface area contributed by atoms with Crippen molar-refractivity contribution in [3.63, 3.8) is 0 Å². The van der Waals surface area contributed by atoms with Crippen molar-refractivity contribution >= 4 is 23.3 Å². The lowest BCUT2D eigenvalue weighted by molar-refractivity contribution is -0.115. The van der Waals surface area contributed by atoms with Gasteiger partial charge in [0, 0.05) is 16.8 Å². The Bertz CT molecular complexity index is 599. The molecule has 0 radical (unpaired) electrons. The Labute approximate surface area is 113 Å². The van der Waals surface area contributed by atoms with Gasteiger partial charge in [-0.2, -0.15) is 0 Å². The molecule has 1 amide bonds. The molecule has 0 unspecified atom stereocenters. The summed E-state index contributed by atoms with van der Waals surface area (Å²) in [6.45, 7) is 0. The second kappa shape index (κ2) is 5.75. The minimum Gasteiger partial charge on any atom is -0.310 e. The quantitative estimate of drug-likeness (QED) is 0.939. The van der Waals surface area contributed by atoms with Crippen LogP contribution in [-0.2, 0) is 11.2 Å². The van der Waals surface area contributed by atoms with Crippen LogP contribution >= 0.6 is 11.6 Å². The summed E-state index contributed by atoms with van der Waals surface area (Å²) in [5.74, 6) is -1.85. The van der Waals surface area contributed by atoms with Gasteiger partial charge >= 0.3 is 0 Å². The van der Waals surface area contributed by atoms with E-state index in [9.17, 15) is 13.6 Å². The Morgan fingerprint density at radius 3 is 2.58 bits per heavy atom. The molecule has 1 aromatic heterocycles. The van der Waals surface area contributed by atoms with Gasteiger partial charge in [-0.3, -0.25) is 4.79 Å². The highest BCUT2D eigenvalue weighted by Gasteiger charge is 2.13. The molecule has 1 aromatic carbocycles. The molecule has 6 heteroatoms. The van der Waals surface area contributed by atoms with Gasteiger partial charge < -0.3 is 5.32 Å². The van der Waals surface area contributed by atoms with Crippen molar-refractivity contribution in [3.8, 4) is 0 Å². The molecule has 0 aliphatic heterocycles. The molecular weight excluding hydrogens is 274 g/mol. The maximum Gasteiger partial charge on any atom is 0.230 e. The number of carbonyl (C=O) groups excluding carboxylic acids is 1. The fourth-order valence-electron chi connectivity index (χ4n) is 1.52. The molecule has 0 saturated heterocycles. The predicted octanol–water partition coefficient (Wildman–Crippen LogP) is 3.19. The summed E-state index contributed by atoms with van der Waals surface area (Å²) in [6, 6.07) is 6.43. The molecule has 1 heterocycles. The summed E-state index contributed by atoms with van der Waals surface area (Å²) in [4.78, 5) is 15.5. The number of rotatable bonds is 3. The summed E-state index contributed by atoms with van der Waals surface area (Å²) < 4.78 is 26.7. The highest BCUT2D eigenvalue weighted by molar-refractivity contribution is 6.30. The molecular formula is C13H9ClF2N2O. The molecule has 0 fully saturated rings. The molecule has 98 valence electrons. The molecule has 0 spiro atoms. The molecule has 3 nitrogen and oxygen atoms in total. The Morgan fingerprint density at radius 2 is 1.95 bits per heavy atom. The first-order valence-electron chi connectivity index (χ1n) is 5.40. The first-order chi connectivity index (χ1) is 9.06. The van der Waals surface area contributed by atoms with Gasteiger partial charge in [0.05, 0.1) is 6.42 Å². The van der Waals surface area contributed by atoms with Crippen molar-refractivity contribution in [3.05, 3.63) is 58.7 Å². The molecule has 0 aliphatic carbocycles. The molecule has 0 aliphatic rings. The van der Waals surface area contributed by atoms with Gasteiger partial charge in [0.1, 0.15) is 17.5 Å². The van der Waals surface area contributed by atoms with E-state index in [0.717, 1.165) is 12.1 Å². The van der Waals surface area contributed by atoms with E-state index in [4.69, 9.17) is 11.6 Å². The number of hydrogen-bond donors (Lipinski definition) is 1. The van der Waals surface area contributed by atoms with E-state index in [1.807, 2.05) is 0 Å². The molecule has 2 rings (SSSR count). The normalized spacial score (nSPS) is 10.3. The lowest BCUT2D eigenvalue weighted by Crippen LogP contribution is -2.17. The number of nitrogens with one attached hydrogen (secondary N) is 1. The van der Waals surface area contributed by atoms with Crippen LogP contribution in [0.2, 0.25) is 5.02 Å². The predicted molar refractivity (Wildman–Crippen MR) is 67.9 cm³/mol. The highest BCUT2D eigenvalue weighted by atomic mass is 35.5. The first-order valence-corrected chi connectivity index (χ1v) is 5.78. The second-order valence-electron chi connectivity index (χ2n) is 3.78. The first kappa shape index (κ1) is 13.4. The number of nitrogens with zero attached hydrogens (tertiary/aromatic N) is 1. The number of hydrogen-bond acceptors (Lipinski definition) is 2. The highest BCUT2D eigenvalue weighted by Crippen LogP contribution is 2.15. The minimum atomic E-state index is -0.755. The van der Waals surface area contributed by atoms with Gasteiger partial charge in [-0.15, -0.1) is 0 Å². The molecule has 0 bridgehead atoms. The Morgan fingerprint density at radius 1 is 1.26 bits per heavy atom. The molecule has 1 N–H and O–H groups in total. The van der Waals surface area contributed by atoms with Crippen molar-refractivity contribution in [2.45, 2.75) is 6.42 Å². The van der Waals surface area contributed by atoms with Gasteiger partial charge in [0.25, 0.3) is 0 Å². The smallest absolute Gasteiger partial charge is 0.230 e. The van der Waals surface area contributed by atoms with Crippen LogP contribution in [0.1, 0.15) is 5.56 Å². The Balaban J connectivity index is 2.10. The summed E-state index contributed by atoms with van der Waals surface area (Å²) >= 11 is 5.73. The second-order valence-corrected chi connectivity index (χ2v) is 4.22. The van der Waals surface area contributed by atoms with E-state index in [-0.39, 0.29) is 11.4 Å². The van der Waals surface area contributed by atoms with Crippen molar-refractivity contribution in [1.82, 2.24) is 4.98 Å². The van der Waals surface area contributed by atoms with Crippen LogP contribution in [0.15, 0.2) is 36.5 Å². The van der Waals surface area contributed by atoms with Crippen molar-refractivity contribution < 1.29 is 13.6 Å². The van der Waals surface area contributed by atoms with Gasteiger partial charge in [-0.1, -0.05) is 17.7 Å². The lowest BCUT2D eigenvalue weighted by atomic mass is 10.1. The largest absolute Gasteiger partial charge is 0.310 e. The van der Waals surface area contributed by atoms with Crippen molar-refractivity contribution in [1.29, 1.82) is 0 Å². The van der Waals surface area contributed by atoms with Crippen molar-refractivity contribution in [2.24, 2.45) is 0 Å². The maximum absolute atomic E-state index is 13.4. The zero-order valence-electron chi connectivity index (χ0n) is 9.66. The van der Waals surface area contributed by atoms with Gasteiger partial charge in [0.2, 0.25) is 5.91 Å². The van der Waals surface area contributed by atoms with Crippen LogP contribution in [0.4, 0.5) is 14.6 Å². The average molecular weight is 283 g/mol. The minimum absolute atomic E-state index is 0.231. The third kappa shape index (κ3) is 3.48. The average Bonchev–Trinajstić information content (AvgIpc) is 2.34. The maximum atomic E-state index is 13.4. The van der Waals surface area contributed by atoms with E-state index in [1.54, 1.807) is 6.07 Å². The van der Waals surface area contributed by atoms with Crippen molar-refractivity contribution in [2.75, 3.05) is 5.32 Å². The van der Waals surface area contributed by atoms with E-state index >= 15 is 0 Å². The van der Waals surface area contributed by atoms with Crippen LogP contribution in [-0.4, -0.2) is 10.9 Å². The summed E-state index contributed by atoms with van der Waals surface area (Å²) in [6.07, 6.45) is 1.01. The fourth-order valence-corrected chi connectivity index (χ4v) is 1.68. The zero-order valence-corrected chi connectivity index (χ0v) is 10.4. The SMILES string of the molecule is O=C(Cc1c(F)cccc1F)Nc1cc(Cl)ccn1. The number of anilines is 1. The molecule has 0 atom stereocenters. The van der Waals surface area contributed by atoms with E-state index in [1.165, 1.54) is 18.3 Å². The third-order valence-corrected chi connectivity index (χ3v) is 2.62. The Hall–Kier alpha value is -2.01. The number of aromatic nitrogens is 1.